The van der Waals surface area contributed by atoms with E-state index in [0.717, 1.165) is 17.9 Å². The number of nitrogens with zero attached hydrogens (tertiary/aromatic N) is 2. The fourth-order valence-electron chi connectivity index (χ4n) is 2.60. The lowest BCUT2D eigenvalue weighted by molar-refractivity contribution is 0.488. The van der Waals surface area contributed by atoms with Gasteiger partial charge in [0.2, 0.25) is 0 Å². The minimum absolute atomic E-state index is 0.162. The Morgan fingerprint density at radius 3 is 3.11 bits per heavy atom. The molecule has 1 aromatic heterocycles. The third-order valence-corrected chi connectivity index (χ3v) is 4.99. The van der Waals surface area contributed by atoms with Gasteiger partial charge in [0, 0.05) is 12.6 Å². The molecule has 2 heterocycles. The van der Waals surface area contributed by atoms with E-state index in [1.54, 1.807) is 0 Å². The second kappa shape index (κ2) is 5.33. The molecule has 102 valence electrons. The molecule has 0 saturated carbocycles. The van der Waals surface area contributed by atoms with Gasteiger partial charge in [0.15, 0.2) is 0 Å². The molecule has 0 radical (unpaired) electrons. The number of alkyl halides is 1. The third kappa shape index (κ3) is 2.61. The monoisotopic (exact) mass is 298 g/mol. The summed E-state index contributed by atoms with van der Waals surface area (Å²) in [5.74, 6) is 3.69. The van der Waals surface area contributed by atoms with E-state index in [-0.39, 0.29) is 11.2 Å². The van der Waals surface area contributed by atoms with Gasteiger partial charge >= 0.3 is 0 Å². The lowest BCUT2D eigenvalue weighted by Gasteiger charge is -2.14. The number of fused-ring (bicyclic) bond motifs is 1. The summed E-state index contributed by atoms with van der Waals surface area (Å²) in [7, 11) is 0. The molecule has 1 aliphatic rings. The van der Waals surface area contributed by atoms with Crippen molar-refractivity contribution in [2.45, 2.75) is 25.3 Å². The Hall–Kier alpha value is -0.740. The van der Waals surface area contributed by atoms with Crippen molar-refractivity contribution in [2.75, 3.05) is 11.5 Å². The van der Waals surface area contributed by atoms with E-state index in [4.69, 9.17) is 11.6 Å². The molecule has 3 rings (SSSR count). The number of thioether (sulfide) groups is 1. The summed E-state index contributed by atoms with van der Waals surface area (Å²) < 4.78 is 15.5. The summed E-state index contributed by atoms with van der Waals surface area (Å²) in [4.78, 5) is 4.50. The molecule has 0 aliphatic carbocycles. The van der Waals surface area contributed by atoms with Crippen LogP contribution in [0.1, 0.15) is 24.5 Å². The van der Waals surface area contributed by atoms with Crippen LogP contribution in [0.25, 0.3) is 11.0 Å². The predicted molar refractivity (Wildman–Crippen MR) is 79.4 cm³/mol. The maximum Gasteiger partial charge on any atom is 0.127 e. The number of halogens is 2. The lowest BCUT2D eigenvalue weighted by atomic mass is 10.1. The van der Waals surface area contributed by atoms with Crippen LogP contribution >= 0.6 is 23.4 Å². The molecule has 2 unspecified atom stereocenters. The molecule has 2 aromatic rings. The van der Waals surface area contributed by atoms with E-state index in [1.165, 1.54) is 30.1 Å². The molecule has 1 aliphatic heterocycles. The second-order valence-corrected chi connectivity index (χ2v) is 6.86. The highest BCUT2D eigenvalue weighted by molar-refractivity contribution is 7.99. The smallest absolute Gasteiger partial charge is 0.127 e. The van der Waals surface area contributed by atoms with Crippen molar-refractivity contribution in [3.63, 3.8) is 0 Å². The average Bonchev–Trinajstić information content (AvgIpc) is 2.97. The fourth-order valence-corrected chi connectivity index (χ4v) is 4.04. The topological polar surface area (TPSA) is 17.8 Å². The summed E-state index contributed by atoms with van der Waals surface area (Å²) in [6.45, 7) is 2.85. The van der Waals surface area contributed by atoms with Crippen molar-refractivity contribution in [3.8, 4) is 0 Å². The molecule has 0 bridgehead atoms. The molecule has 5 heteroatoms. The molecular formula is C14H16ClFN2S. The first-order chi connectivity index (χ1) is 9.15. The van der Waals surface area contributed by atoms with Gasteiger partial charge in [-0.15, -0.1) is 11.6 Å². The molecule has 1 fully saturated rings. The first kappa shape index (κ1) is 13.3. The van der Waals surface area contributed by atoms with Gasteiger partial charge in [0.05, 0.1) is 16.4 Å². The number of benzene rings is 1. The van der Waals surface area contributed by atoms with E-state index >= 15 is 0 Å². The van der Waals surface area contributed by atoms with E-state index in [9.17, 15) is 4.39 Å². The Labute approximate surface area is 121 Å². The van der Waals surface area contributed by atoms with Crippen LogP contribution in [0, 0.1) is 11.7 Å². The highest BCUT2D eigenvalue weighted by atomic mass is 35.5. The molecule has 1 saturated heterocycles. The number of imidazole rings is 1. The maximum atomic E-state index is 13.3. The second-order valence-electron chi connectivity index (χ2n) is 5.06. The van der Waals surface area contributed by atoms with Gasteiger partial charge in [0.1, 0.15) is 11.6 Å². The molecule has 0 amide bonds. The summed E-state index contributed by atoms with van der Waals surface area (Å²) in [6.07, 6.45) is 1.24. The minimum atomic E-state index is -0.248. The van der Waals surface area contributed by atoms with E-state index in [0.29, 0.717) is 11.4 Å². The van der Waals surface area contributed by atoms with Crippen molar-refractivity contribution in [2.24, 2.45) is 5.92 Å². The van der Waals surface area contributed by atoms with Gasteiger partial charge in [0.25, 0.3) is 0 Å². The normalized spacial score (nSPS) is 21.1. The van der Waals surface area contributed by atoms with Crippen molar-refractivity contribution in [1.29, 1.82) is 0 Å². The molecule has 19 heavy (non-hydrogen) atoms. The number of aromatic nitrogens is 2. The SMILES string of the molecule is CC(Cl)c1nc2cc(F)ccc2n1CC1CCSC1. The zero-order valence-electron chi connectivity index (χ0n) is 10.8. The molecule has 2 nitrogen and oxygen atoms in total. The number of hydrogen-bond donors (Lipinski definition) is 0. The highest BCUT2D eigenvalue weighted by Gasteiger charge is 2.21. The van der Waals surface area contributed by atoms with Gasteiger partial charge in [-0.25, -0.2) is 9.37 Å². The van der Waals surface area contributed by atoms with Crippen LogP contribution in [0.2, 0.25) is 0 Å². The van der Waals surface area contributed by atoms with Crippen LogP contribution < -0.4 is 0 Å². The van der Waals surface area contributed by atoms with Crippen molar-refractivity contribution in [1.82, 2.24) is 9.55 Å². The van der Waals surface area contributed by atoms with Gasteiger partial charge in [-0.05, 0) is 42.9 Å². The predicted octanol–water partition coefficient (Wildman–Crippen LogP) is 4.23. The van der Waals surface area contributed by atoms with Crippen LogP contribution in [0.4, 0.5) is 4.39 Å². The van der Waals surface area contributed by atoms with Gasteiger partial charge < -0.3 is 4.57 Å². The molecular weight excluding hydrogens is 283 g/mol. The van der Waals surface area contributed by atoms with Crippen LogP contribution in [0.5, 0.6) is 0 Å². The van der Waals surface area contributed by atoms with Crippen LogP contribution in [-0.2, 0) is 6.54 Å². The van der Waals surface area contributed by atoms with Gasteiger partial charge in [-0.1, -0.05) is 0 Å². The first-order valence-electron chi connectivity index (χ1n) is 6.52. The zero-order valence-corrected chi connectivity index (χ0v) is 12.3. The van der Waals surface area contributed by atoms with E-state index < -0.39 is 0 Å². The maximum absolute atomic E-state index is 13.3. The van der Waals surface area contributed by atoms with Gasteiger partial charge in [-0.3, -0.25) is 0 Å². The van der Waals surface area contributed by atoms with Crippen molar-refractivity contribution in [3.05, 3.63) is 29.8 Å². The summed E-state index contributed by atoms with van der Waals surface area (Å²) in [5.41, 5.74) is 1.69. The molecule has 2 atom stereocenters. The Morgan fingerprint density at radius 2 is 2.42 bits per heavy atom. The van der Waals surface area contributed by atoms with Crippen molar-refractivity contribution < 1.29 is 4.39 Å². The number of rotatable bonds is 3. The Morgan fingerprint density at radius 1 is 1.58 bits per heavy atom. The summed E-state index contributed by atoms with van der Waals surface area (Å²) in [5, 5.41) is -0.162. The van der Waals surface area contributed by atoms with Gasteiger partial charge in [-0.2, -0.15) is 11.8 Å². The van der Waals surface area contributed by atoms with Crippen molar-refractivity contribution >= 4 is 34.4 Å². The van der Waals surface area contributed by atoms with Crippen LogP contribution in [0.3, 0.4) is 0 Å². The third-order valence-electron chi connectivity index (χ3n) is 3.56. The Balaban J connectivity index is 2.05. The zero-order chi connectivity index (χ0) is 13.4. The van der Waals surface area contributed by atoms with E-state index in [2.05, 4.69) is 9.55 Å². The van der Waals surface area contributed by atoms with E-state index in [1.807, 2.05) is 24.8 Å². The molecule has 0 spiro atoms. The Bertz CT molecular complexity index is 590. The standard InChI is InChI=1S/C14H16ClFN2S/c1-9(15)14-17-12-6-11(16)2-3-13(12)18(14)7-10-4-5-19-8-10/h2-3,6,9-10H,4-5,7-8H2,1H3. The number of hydrogen-bond acceptors (Lipinski definition) is 2. The average molecular weight is 299 g/mol. The molecule has 0 N–H and O–H groups in total. The van der Waals surface area contributed by atoms with Crippen LogP contribution in [0.15, 0.2) is 18.2 Å². The summed E-state index contributed by atoms with van der Waals surface area (Å²) >= 11 is 8.22. The summed E-state index contributed by atoms with van der Waals surface area (Å²) in [6, 6.07) is 4.78. The molecule has 1 aromatic carbocycles. The largest absolute Gasteiger partial charge is 0.326 e. The first-order valence-corrected chi connectivity index (χ1v) is 8.12. The lowest BCUT2D eigenvalue weighted by Crippen LogP contribution is -2.13. The van der Waals surface area contributed by atoms with Crippen LogP contribution in [-0.4, -0.2) is 21.1 Å². The minimum Gasteiger partial charge on any atom is -0.326 e. The Kier molecular flexibility index (Phi) is 3.72. The highest BCUT2D eigenvalue weighted by Crippen LogP contribution is 2.30. The fraction of sp³-hybridized carbons (Fsp3) is 0.500. The quantitative estimate of drug-likeness (QED) is 0.789.